The molecule has 1 atom stereocenters. The maximum absolute atomic E-state index is 13.6. The summed E-state index contributed by atoms with van der Waals surface area (Å²) in [6.07, 6.45) is 1.23. The van der Waals surface area contributed by atoms with E-state index in [9.17, 15) is 14.0 Å². The van der Waals surface area contributed by atoms with E-state index in [1.54, 1.807) is 33.8 Å². The molecule has 2 heterocycles. The van der Waals surface area contributed by atoms with E-state index in [1.165, 1.54) is 18.3 Å². The summed E-state index contributed by atoms with van der Waals surface area (Å²) < 4.78 is 15.2. The number of halogens is 2. The van der Waals surface area contributed by atoms with Crippen molar-refractivity contribution < 1.29 is 9.18 Å². The monoisotopic (exact) mass is 402 g/mol. The van der Waals surface area contributed by atoms with Crippen LogP contribution in [0.3, 0.4) is 0 Å². The minimum absolute atomic E-state index is 0. The zero-order valence-electron chi connectivity index (χ0n) is 15.0. The molecule has 28 heavy (non-hydrogen) atoms. The average molecular weight is 403 g/mol. The smallest absolute Gasteiger partial charge is 0.244 e. The van der Waals surface area contributed by atoms with Crippen LogP contribution in [0.1, 0.15) is 11.6 Å². The average Bonchev–Trinajstić information content (AvgIpc) is 2.70. The number of carbonyl (C=O) groups is 1. The molecule has 1 saturated heterocycles. The van der Waals surface area contributed by atoms with Crippen molar-refractivity contribution in [2.75, 3.05) is 19.6 Å². The third-order valence-electron chi connectivity index (χ3n) is 4.84. The van der Waals surface area contributed by atoms with Gasteiger partial charge in [0.05, 0.1) is 17.8 Å². The molecular weight excluding hydrogens is 383 g/mol. The van der Waals surface area contributed by atoms with Crippen molar-refractivity contribution in [3.63, 3.8) is 0 Å². The topological polar surface area (TPSA) is 67.2 Å². The summed E-state index contributed by atoms with van der Waals surface area (Å²) in [5.74, 6) is -0.439. The van der Waals surface area contributed by atoms with Gasteiger partial charge in [-0.2, -0.15) is 5.10 Å². The lowest BCUT2D eigenvalue weighted by Gasteiger charge is -2.36. The summed E-state index contributed by atoms with van der Waals surface area (Å²) in [7, 11) is 0. The van der Waals surface area contributed by atoms with Crippen molar-refractivity contribution in [1.29, 1.82) is 0 Å². The molecule has 1 aliphatic rings. The minimum Gasteiger partial charge on any atom is -0.331 e. The van der Waals surface area contributed by atoms with Gasteiger partial charge in [-0.25, -0.2) is 4.39 Å². The molecule has 1 amide bonds. The van der Waals surface area contributed by atoms with E-state index in [0.29, 0.717) is 30.5 Å². The van der Waals surface area contributed by atoms with Gasteiger partial charge in [0.15, 0.2) is 0 Å². The first-order valence-electron chi connectivity index (χ1n) is 8.84. The summed E-state index contributed by atoms with van der Waals surface area (Å²) >= 11 is 0. The van der Waals surface area contributed by atoms with Crippen LogP contribution in [0.2, 0.25) is 0 Å². The Labute approximate surface area is 167 Å². The van der Waals surface area contributed by atoms with Gasteiger partial charge >= 0.3 is 0 Å². The van der Waals surface area contributed by atoms with E-state index in [1.807, 2.05) is 12.1 Å². The predicted octanol–water partition coefficient (Wildman–Crippen LogP) is 2.13. The van der Waals surface area contributed by atoms with Crippen molar-refractivity contribution in [2.24, 2.45) is 0 Å². The maximum Gasteiger partial charge on any atom is 0.244 e. The van der Waals surface area contributed by atoms with Gasteiger partial charge in [-0.1, -0.05) is 24.3 Å². The number of benzene rings is 2. The molecule has 1 N–H and O–H groups in total. The first-order chi connectivity index (χ1) is 13.1. The molecular formula is C20H20ClFN4O2. The van der Waals surface area contributed by atoms with Crippen LogP contribution < -0.4 is 10.7 Å². The highest BCUT2D eigenvalue weighted by atomic mass is 35.5. The first kappa shape index (κ1) is 20.0. The van der Waals surface area contributed by atoms with Gasteiger partial charge in [-0.05, 0) is 29.8 Å². The van der Waals surface area contributed by atoms with Crippen LogP contribution in [-0.2, 0) is 11.3 Å². The number of hydrogen-bond donors (Lipinski definition) is 1. The third-order valence-corrected chi connectivity index (χ3v) is 4.84. The Balaban J connectivity index is 0.00000225. The van der Waals surface area contributed by atoms with Gasteiger partial charge < -0.3 is 10.2 Å². The summed E-state index contributed by atoms with van der Waals surface area (Å²) in [6.45, 7) is 1.79. The second-order valence-electron chi connectivity index (χ2n) is 6.55. The first-order valence-corrected chi connectivity index (χ1v) is 8.84. The number of nitrogens with one attached hydrogen (secondary N) is 1. The summed E-state index contributed by atoms with van der Waals surface area (Å²) in [5.41, 5.74) is 1.21. The molecule has 2 aromatic carbocycles. The molecule has 0 bridgehead atoms. The molecule has 1 unspecified atom stereocenters. The van der Waals surface area contributed by atoms with Gasteiger partial charge in [0.2, 0.25) is 11.3 Å². The van der Waals surface area contributed by atoms with Crippen molar-refractivity contribution in [2.45, 2.75) is 12.6 Å². The number of aromatic nitrogens is 2. The molecule has 1 aliphatic heterocycles. The molecule has 1 fully saturated rings. The van der Waals surface area contributed by atoms with Gasteiger partial charge in [-0.15, -0.1) is 12.4 Å². The zero-order valence-corrected chi connectivity index (χ0v) is 15.9. The number of piperazine rings is 1. The van der Waals surface area contributed by atoms with Crippen LogP contribution in [0.15, 0.2) is 59.5 Å². The Morgan fingerprint density at radius 2 is 2.04 bits per heavy atom. The largest absolute Gasteiger partial charge is 0.331 e. The number of carbonyl (C=O) groups excluding carboxylic acids is 1. The van der Waals surface area contributed by atoms with E-state index in [4.69, 9.17) is 0 Å². The molecule has 1 aromatic heterocycles. The highest BCUT2D eigenvalue weighted by Gasteiger charge is 2.28. The SMILES string of the molecule is Cl.O=C(Cn1ncc(=O)c2ccccc21)N1CCNCC1c1cccc(F)c1. The fourth-order valence-corrected chi connectivity index (χ4v) is 3.52. The van der Waals surface area contributed by atoms with E-state index >= 15 is 0 Å². The highest BCUT2D eigenvalue weighted by molar-refractivity contribution is 5.85. The van der Waals surface area contributed by atoms with Gasteiger partial charge in [0.25, 0.3) is 0 Å². The maximum atomic E-state index is 13.6. The molecule has 8 heteroatoms. The van der Waals surface area contributed by atoms with Gasteiger partial charge in [0, 0.05) is 25.0 Å². The molecule has 4 rings (SSSR count). The Morgan fingerprint density at radius 3 is 2.86 bits per heavy atom. The molecule has 0 aliphatic carbocycles. The van der Waals surface area contributed by atoms with Crippen molar-refractivity contribution in [3.8, 4) is 0 Å². The van der Waals surface area contributed by atoms with Crippen molar-refractivity contribution in [1.82, 2.24) is 20.0 Å². The molecule has 0 saturated carbocycles. The number of fused-ring (bicyclic) bond motifs is 1. The molecule has 0 radical (unpaired) electrons. The van der Waals surface area contributed by atoms with Gasteiger partial charge in [-0.3, -0.25) is 14.3 Å². The van der Waals surface area contributed by atoms with Gasteiger partial charge in [0.1, 0.15) is 12.4 Å². The van der Waals surface area contributed by atoms with Crippen molar-refractivity contribution >= 4 is 29.2 Å². The van der Waals surface area contributed by atoms with Crippen LogP contribution >= 0.6 is 12.4 Å². The lowest BCUT2D eigenvalue weighted by molar-refractivity contribution is -0.135. The van der Waals surface area contributed by atoms with Crippen LogP contribution in [0.4, 0.5) is 4.39 Å². The van der Waals surface area contributed by atoms with E-state index in [-0.39, 0.29) is 42.1 Å². The highest BCUT2D eigenvalue weighted by Crippen LogP contribution is 2.23. The second kappa shape index (κ2) is 8.50. The van der Waals surface area contributed by atoms with Crippen LogP contribution in [0, 0.1) is 5.82 Å². The quantitative estimate of drug-likeness (QED) is 0.728. The molecule has 3 aromatic rings. The van der Waals surface area contributed by atoms with E-state index < -0.39 is 0 Å². The Kier molecular flexibility index (Phi) is 6.06. The van der Waals surface area contributed by atoms with E-state index in [2.05, 4.69) is 10.4 Å². The Hall–Kier alpha value is -2.77. The summed E-state index contributed by atoms with van der Waals surface area (Å²) in [5, 5.41) is 7.92. The summed E-state index contributed by atoms with van der Waals surface area (Å²) in [4.78, 5) is 26.8. The second-order valence-corrected chi connectivity index (χ2v) is 6.55. The number of nitrogens with zero attached hydrogens (tertiary/aromatic N) is 3. The minimum atomic E-state index is -0.321. The third kappa shape index (κ3) is 3.90. The zero-order chi connectivity index (χ0) is 18.8. The molecule has 146 valence electrons. The normalized spacial score (nSPS) is 16.6. The number of hydrogen-bond acceptors (Lipinski definition) is 4. The summed E-state index contributed by atoms with van der Waals surface area (Å²) in [6, 6.07) is 13.2. The Bertz CT molecular complexity index is 1060. The number of para-hydroxylation sites is 1. The standard InChI is InChI=1S/C20H19FN4O2.ClH/c21-15-5-3-4-14(10-15)18-11-22-8-9-24(18)20(27)13-25-17-7-2-1-6-16(17)19(26)12-23-25;/h1-7,10,12,18,22H,8-9,11,13H2;1H. The van der Waals surface area contributed by atoms with Crippen LogP contribution in [-0.4, -0.2) is 40.2 Å². The van der Waals surface area contributed by atoms with E-state index in [0.717, 1.165) is 5.56 Å². The lowest BCUT2D eigenvalue weighted by atomic mass is 10.0. The van der Waals surface area contributed by atoms with Crippen molar-refractivity contribution in [3.05, 3.63) is 76.3 Å². The molecule has 6 nitrogen and oxygen atoms in total. The predicted molar refractivity (Wildman–Crippen MR) is 107 cm³/mol. The number of amides is 1. The molecule has 0 spiro atoms. The fourth-order valence-electron chi connectivity index (χ4n) is 3.52. The van der Waals surface area contributed by atoms with Crippen LogP contribution in [0.25, 0.3) is 10.9 Å². The van der Waals surface area contributed by atoms with Crippen LogP contribution in [0.5, 0.6) is 0 Å². The number of rotatable bonds is 3. The Morgan fingerprint density at radius 1 is 1.21 bits per heavy atom. The fraction of sp³-hybridized carbons (Fsp3) is 0.250. The lowest BCUT2D eigenvalue weighted by Crippen LogP contribution is -2.49.